The van der Waals surface area contributed by atoms with Crippen LogP contribution in [-0.2, 0) is 21.4 Å². The summed E-state index contributed by atoms with van der Waals surface area (Å²) >= 11 is 0. The Balaban J connectivity index is 1.30. The molecule has 33 heavy (non-hydrogen) atoms. The highest BCUT2D eigenvalue weighted by atomic mass is 32.2. The van der Waals surface area contributed by atoms with Crippen LogP contribution in [0.15, 0.2) is 36.7 Å². The molecule has 13 heteroatoms. The predicted octanol–water partition coefficient (Wildman–Crippen LogP) is 0.245. The molecule has 176 valence electrons. The maximum atomic E-state index is 13.0. The molecule has 2 aliphatic rings. The van der Waals surface area contributed by atoms with Crippen molar-refractivity contribution in [3.05, 3.63) is 48.0 Å². The fourth-order valence-corrected chi connectivity index (χ4v) is 5.43. The molecule has 2 saturated heterocycles. The van der Waals surface area contributed by atoms with E-state index in [9.17, 15) is 22.4 Å². The van der Waals surface area contributed by atoms with Gasteiger partial charge in [0.15, 0.2) is 5.75 Å². The van der Waals surface area contributed by atoms with E-state index in [4.69, 9.17) is 4.74 Å². The number of imide groups is 1. The smallest absolute Gasteiger partial charge is 0.322 e. The Morgan fingerprint density at radius 2 is 1.73 bits per heavy atom. The van der Waals surface area contributed by atoms with Crippen molar-refractivity contribution in [2.24, 2.45) is 0 Å². The van der Waals surface area contributed by atoms with E-state index in [0.29, 0.717) is 24.8 Å². The van der Waals surface area contributed by atoms with Crippen LogP contribution in [0.1, 0.15) is 12.5 Å². The van der Waals surface area contributed by atoms with Gasteiger partial charge in [-0.1, -0.05) is 12.1 Å². The van der Waals surface area contributed by atoms with Crippen LogP contribution in [0.2, 0.25) is 0 Å². The van der Waals surface area contributed by atoms with E-state index >= 15 is 0 Å². The highest BCUT2D eigenvalue weighted by molar-refractivity contribution is 7.89. The Morgan fingerprint density at radius 3 is 2.30 bits per heavy atom. The monoisotopic (exact) mass is 478 g/mol. The maximum absolute atomic E-state index is 13.0. The molecule has 0 spiro atoms. The van der Waals surface area contributed by atoms with Gasteiger partial charge in [0.2, 0.25) is 16.0 Å². The normalized spacial score (nSPS) is 21.6. The first-order chi connectivity index (χ1) is 15.6. The summed E-state index contributed by atoms with van der Waals surface area (Å²) in [5.74, 6) is -0.604. The third kappa shape index (κ3) is 5.20. The molecule has 0 unspecified atom stereocenters. The molecule has 0 bridgehead atoms. The van der Waals surface area contributed by atoms with Gasteiger partial charge in [-0.05, 0) is 24.6 Å². The number of anilines is 1. The molecular weight excluding hydrogens is 455 g/mol. The fourth-order valence-electron chi connectivity index (χ4n) is 3.60. The van der Waals surface area contributed by atoms with Crippen LogP contribution in [0.4, 0.5) is 15.1 Å². The lowest BCUT2D eigenvalue weighted by Crippen LogP contribution is -2.56. The molecule has 3 amide bonds. The van der Waals surface area contributed by atoms with Gasteiger partial charge in [-0.3, -0.25) is 10.1 Å². The number of hydrogen-bond acceptors (Lipinski definition) is 8. The van der Waals surface area contributed by atoms with Gasteiger partial charge in [-0.25, -0.2) is 27.6 Å². The minimum Gasteiger partial charge on any atom is -0.486 e. The molecule has 2 aliphatic heterocycles. The van der Waals surface area contributed by atoms with Crippen LogP contribution in [-0.4, -0.2) is 72.1 Å². The lowest BCUT2D eigenvalue weighted by atomic mass is 10.1. The minimum absolute atomic E-state index is 0.195. The zero-order chi connectivity index (χ0) is 23.6. The number of nitrogens with zero attached hydrogens (tertiary/aromatic N) is 4. The number of carbonyl (C=O) groups is 2. The van der Waals surface area contributed by atoms with E-state index in [1.807, 2.05) is 4.90 Å². The molecule has 2 N–H and O–H groups in total. The number of aromatic nitrogens is 2. The number of rotatable bonds is 7. The van der Waals surface area contributed by atoms with E-state index in [1.165, 1.54) is 35.8 Å². The average Bonchev–Trinajstić information content (AvgIpc) is 3.04. The van der Waals surface area contributed by atoms with Crippen LogP contribution in [0, 0.1) is 5.82 Å². The van der Waals surface area contributed by atoms with Crippen LogP contribution in [0.5, 0.6) is 5.75 Å². The standard InChI is InChI=1S/C20H23FN6O5S/c1-20(17(28)24-19(29)25-20)13-33(30,31)27-8-6-26(7-9-27)18-22-10-16(11-23-18)32-12-14-2-4-15(21)5-3-14/h2-5,10-11H,6-9,12-13H2,1H3,(H2,24,25,28,29)/t20-/m1/s1. The molecule has 2 fully saturated rings. The number of halogens is 1. The van der Waals surface area contributed by atoms with Gasteiger partial charge in [-0.15, -0.1) is 0 Å². The number of piperazine rings is 1. The number of carbonyl (C=O) groups excluding carboxylic acids is 2. The van der Waals surface area contributed by atoms with Crippen LogP contribution >= 0.6 is 0 Å². The summed E-state index contributed by atoms with van der Waals surface area (Å²) in [6.45, 7) is 2.75. The minimum atomic E-state index is -3.78. The van der Waals surface area contributed by atoms with E-state index in [1.54, 1.807) is 12.1 Å². The number of benzene rings is 1. The largest absolute Gasteiger partial charge is 0.486 e. The first kappa shape index (κ1) is 22.9. The van der Waals surface area contributed by atoms with E-state index in [0.717, 1.165) is 5.56 Å². The van der Waals surface area contributed by atoms with Crippen molar-refractivity contribution < 1.29 is 27.1 Å². The third-order valence-corrected chi connectivity index (χ3v) is 7.53. The van der Waals surface area contributed by atoms with Crippen molar-refractivity contribution in [2.45, 2.75) is 19.1 Å². The van der Waals surface area contributed by atoms with Crippen LogP contribution in [0.3, 0.4) is 0 Å². The Morgan fingerprint density at radius 1 is 1.09 bits per heavy atom. The van der Waals surface area contributed by atoms with Gasteiger partial charge in [0, 0.05) is 26.2 Å². The van der Waals surface area contributed by atoms with Crippen LogP contribution < -0.4 is 20.3 Å². The van der Waals surface area contributed by atoms with E-state index < -0.39 is 33.3 Å². The number of sulfonamides is 1. The number of ether oxygens (including phenoxy) is 1. The summed E-state index contributed by atoms with van der Waals surface area (Å²) in [5.41, 5.74) is -0.693. The first-order valence-electron chi connectivity index (χ1n) is 10.2. The van der Waals surface area contributed by atoms with E-state index in [-0.39, 0.29) is 25.5 Å². The van der Waals surface area contributed by atoms with Gasteiger partial charge in [0.05, 0.1) is 18.1 Å². The summed E-state index contributed by atoms with van der Waals surface area (Å²) in [4.78, 5) is 33.8. The molecule has 2 aromatic rings. The Hall–Kier alpha value is -3.32. The quantitative estimate of drug-likeness (QED) is 0.541. The Kier molecular flexibility index (Phi) is 6.17. The Bertz CT molecular complexity index is 1140. The number of urea groups is 1. The molecule has 1 aromatic carbocycles. The van der Waals surface area contributed by atoms with Gasteiger partial charge >= 0.3 is 6.03 Å². The summed E-state index contributed by atoms with van der Waals surface area (Å²) in [7, 11) is -3.78. The molecule has 3 heterocycles. The molecule has 1 aromatic heterocycles. The molecule has 0 aliphatic carbocycles. The van der Waals surface area contributed by atoms with Crippen molar-refractivity contribution in [2.75, 3.05) is 36.8 Å². The Labute approximate surface area is 190 Å². The van der Waals surface area contributed by atoms with Crippen molar-refractivity contribution in [3.8, 4) is 5.75 Å². The van der Waals surface area contributed by atoms with Gasteiger partial charge < -0.3 is 15.0 Å². The number of hydrogen-bond donors (Lipinski definition) is 2. The highest BCUT2D eigenvalue weighted by Gasteiger charge is 2.46. The topological polar surface area (TPSA) is 134 Å². The highest BCUT2D eigenvalue weighted by Crippen LogP contribution is 2.20. The van der Waals surface area contributed by atoms with Crippen molar-refractivity contribution in [1.29, 1.82) is 0 Å². The second-order valence-corrected chi connectivity index (χ2v) is 9.99. The van der Waals surface area contributed by atoms with Crippen molar-refractivity contribution in [3.63, 3.8) is 0 Å². The van der Waals surface area contributed by atoms with E-state index in [2.05, 4.69) is 20.6 Å². The van der Waals surface area contributed by atoms with Crippen molar-refractivity contribution in [1.82, 2.24) is 24.9 Å². The number of amides is 3. The molecule has 4 rings (SSSR count). The summed E-state index contributed by atoms with van der Waals surface area (Å²) in [6.07, 6.45) is 3.05. The lowest BCUT2D eigenvalue weighted by molar-refractivity contribution is -0.122. The third-order valence-electron chi connectivity index (χ3n) is 5.44. The molecule has 0 radical (unpaired) electrons. The zero-order valence-electron chi connectivity index (χ0n) is 17.8. The lowest BCUT2D eigenvalue weighted by Gasteiger charge is -2.35. The maximum Gasteiger partial charge on any atom is 0.322 e. The summed E-state index contributed by atoms with van der Waals surface area (Å²) < 4.78 is 45.5. The second-order valence-electron chi connectivity index (χ2n) is 8.02. The molecule has 1 atom stereocenters. The second kappa shape index (κ2) is 8.90. The van der Waals surface area contributed by atoms with Gasteiger partial charge in [0.1, 0.15) is 18.0 Å². The van der Waals surface area contributed by atoms with Gasteiger partial charge in [-0.2, -0.15) is 4.31 Å². The average molecular weight is 479 g/mol. The van der Waals surface area contributed by atoms with Crippen molar-refractivity contribution >= 4 is 27.9 Å². The molecule has 11 nitrogen and oxygen atoms in total. The molecular formula is C20H23FN6O5S. The summed E-state index contributed by atoms with van der Waals surface area (Å²) in [6, 6.07) is 5.27. The first-order valence-corrected chi connectivity index (χ1v) is 11.8. The molecule has 0 saturated carbocycles. The van der Waals surface area contributed by atoms with Crippen LogP contribution in [0.25, 0.3) is 0 Å². The number of nitrogens with one attached hydrogen (secondary N) is 2. The SMILES string of the molecule is C[C@]1(CS(=O)(=O)N2CCN(c3ncc(OCc4ccc(F)cc4)cn3)CC2)NC(=O)NC1=O. The van der Waals surface area contributed by atoms with Gasteiger partial charge in [0.25, 0.3) is 5.91 Å². The zero-order valence-corrected chi connectivity index (χ0v) is 18.6. The summed E-state index contributed by atoms with van der Waals surface area (Å²) in [5, 5.41) is 4.44. The predicted molar refractivity (Wildman–Crippen MR) is 115 cm³/mol. The fraction of sp³-hybridized carbons (Fsp3) is 0.400.